The van der Waals surface area contributed by atoms with Crippen molar-refractivity contribution in [3.63, 3.8) is 0 Å². The van der Waals surface area contributed by atoms with Gasteiger partial charge in [-0.15, -0.1) is 0 Å². The fraction of sp³-hybridized carbons (Fsp3) is 0.882. The summed E-state index contributed by atoms with van der Waals surface area (Å²) < 4.78 is 0. The second-order valence-corrected chi connectivity index (χ2v) is 7.32. The molecular weight excluding hydrogens is 218 g/mol. The summed E-state index contributed by atoms with van der Waals surface area (Å²) in [5.74, 6) is 3.49. The summed E-state index contributed by atoms with van der Waals surface area (Å²) >= 11 is 0. The maximum atomic E-state index is 3.87. The lowest BCUT2D eigenvalue weighted by atomic mass is 9.79. The van der Waals surface area contributed by atoms with Crippen LogP contribution in [0.25, 0.3) is 0 Å². The molecule has 2 aliphatic carbocycles. The lowest BCUT2D eigenvalue weighted by Crippen LogP contribution is -2.39. The highest BCUT2D eigenvalue weighted by Crippen LogP contribution is 2.30. The van der Waals surface area contributed by atoms with Crippen molar-refractivity contribution in [1.29, 1.82) is 0 Å². The first-order chi connectivity index (χ1) is 8.52. The van der Waals surface area contributed by atoms with E-state index in [4.69, 9.17) is 0 Å². The first-order valence-electron chi connectivity index (χ1n) is 7.93. The van der Waals surface area contributed by atoms with Crippen molar-refractivity contribution in [3.05, 3.63) is 11.6 Å². The summed E-state index contributed by atoms with van der Waals surface area (Å²) in [7, 11) is 0. The maximum absolute atomic E-state index is 3.87. The van der Waals surface area contributed by atoms with Crippen LogP contribution in [0.4, 0.5) is 0 Å². The Morgan fingerprint density at radius 1 is 1.06 bits per heavy atom. The van der Waals surface area contributed by atoms with Crippen LogP contribution in [-0.4, -0.2) is 12.6 Å². The molecule has 0 amide bonds. The molecule has 1 saturated carbocycles. The fourth-order valence-corrected chi connectivity index (χ4v) is 4.29. The summed E-state index contributed by atoms with van der Waals surface area (Å²) in [6.45, 7) is 10.7. The monoisotopic (exact) mass is 249 g/mol. The molecule has 0 aliphatic heterocycles. The first kappa shape index (κ1) is 14.1. The zero-order valence-electron chi connectivity index (χ0n) is 12.7. The molecule has 0 aromatic carbocycles. The Hall–Kier alpha value is -0.300. The van der Waals surface area contributed by atoms with Gasteiger partial charge in [-0.3, -0.25) is 0 Å². The molecule has 0 aromatic heterocycles. The van der Waals surface area contributed by atoms with E-state index in [0.717, 1.165) is 29.7 Å². The smallest absolute Gasteiger partial charge is 0.00722 e. The second kappa shape index (κ2) is 6.23. The third kappa shape index (κ3) is 4.12. The Kier molecular flexibility index (Phi) is 4.89. The quantitative estimate of drug-likeness (QED) is 0.731. The minimum atomic E-state index is 0.783. The molecule has 1 fully saturated rings. The molecular formula is C17H31N. The molecule has 4 atom stereocenters. The van der Waals surface area contributed by atoms with E-state index in [1.807, 2.05) is 0 Å². The molecule has 4 unspecified atom stereocenters. The van der Waals surface area contributed by atoms with Crippen LogP contribution in [0.1, 0.15) is 59.8 Å². The van der Waals surface area contributed by atoms with Gasteiger partial charge < -0.3 is 5.32 Å². The van der Waals surface area contributed by atoms with Crippen LogP contribution >= 0.6 is 0 Å². The molecule has 0 aromatic rings. The molecule has 1 nitrogen and oxygen atoms in total. The number of hydrogen-bond donors (Lipinski definition) is 1. The third-order valence-corrected chi connectivity index (χ3v) is 4.76. The van der Waals surface area contributed by atoms with E-state index in [-0.39, 0.29) is 0 Å². The molecule has 0 heterocycles. The largest absolute Gasteiger partial charge is 0.314 e. The summed E-state index contributed by atoms with van der Waals surface area (Å²) in [5, 5.41) is 3.87. The topological polar surface area (TPSA) is 12.0 Å². The van der Waals surface area contributed by atoms with Gasteiger partial charge >= 0.3 is 0 Å². The van der Waals surface area contributed by atoms with Gasteiger partial charge in [0.25, 0.3) is 0 Å². The third-order valence-electron chi connectivity index (χ3n) is 4.76. The Morgan fingerprint density at radius 3 is 2.33 bits per heavy atom. The van der Waals surface area contributed by atoms with Crippen molar-refractivity contribution in [1.82, 2.24) is 5.32 Å². The SMILES string of the molecule is CC1=CC(C)CC(CNC2CC(C)CC(C)C2)C1. The fourth-order valence-electron chi connectivity index (χ4n) is 4.29. The van der Waals surface area contributed by atoms with E-state index in [1.165, 1.54) is 38.6 Å². The van der Waals surface area contributed by atoms with Crippen LogP contribution in [0, 0.1) is 23.7 Å². The van der Waals surface area contributed by atoms with Gasteiger partial charge in [0.05, 0.1) is 0 Å². The minimum Gasteiger partial charge on any atom is -0.314 e. The van der Waals surface area contributed by atoms with Crippen LogP contribution in [0.3, 0.4) is 0 Å². The van der Waals surface area contributed by atoms with Crippen LogP contribution in [0.5, 0.6) is 0 Å². The molecule has 18 heavy (non-hydrogen) atoms. The Balaban J connectivity index is 1.76. The Bertz CT molecular complexity index is 284. The van der Waals surface area contributed by atoms with Crippen molar-refractivity contribution < 1.29 is 0 Å². The lowest BCUT2D eigenvalue weighted by Gasteiger charge is -2.34. The van der Waals surface area contributed by atoms with Gasteiger partial charge in [0.1, 0.15) is 0 Å². The molecule has 2 rings (SSSR count). The van der Waals surface area contributed by atoms with Crippen LogP contribution < -0.4 is 5.32 Å². The minimum absolute atomic E-state index is 0.783. The summed E-state index contributed by atoms with van der Waals surface area (Å²) in [5.41, 5.74) is 1.60. The average Bonchev–Trinajstić information content (AvgIpc) is 2.23. The predicted molar refractivity (Wildman–Crippen MR) is 79.6 cm³/mol. The van der Waals surface area contributed by atoms with E-state index in [2.05, 4.69) is 39.1 Å². The highest BCUT2D eigenvalue weighted by Gasteiger charge is 2.25. The zero-order valence-corrected chi connectivity index (χ0v) is 12.7. The summed E-state index contributed by atoms with van der Waals surface area (Å²) in [4.78, 5) is 0. The lowest BCUT2D eigenvalue weighted by molar-refractivity contribution is 0.227. The van der Waals surface area contributed by atoms with E-state index in [1.54, 1.807) is 5.57 Å². The number of rotatable bonds is 3. The molecule has 0 bridgehead atoms. The van der Waals surface area contributed by atoms with Gasteiger partial charge in [-0.2, -0.15) is 0 Å². The molecule has 0 saturated heterocycles. The summed E-state index contributed by atoms with van der Waals surface area (Å²) in [6.07, 6.45) is 9.36. The molecule has 2 aliphatic rings. The van der Waals surface area contributed by atoms with Crippen molar-refractivity contribution >= 4 is 0 Å². The van der Waals surface area contributed by atoms with Crippen LogP contribution in [0.15, 0.2) is 11.6 Å². The second-order valence-electron chi connectivity index (χ2n) is 7.32. The molecule has 0 radical (unpaired) electrons. The number of nitrogens with one attached hydrogen (secondary N) is 1. The van der Waals surface area contributed by atoms with Gasteiger partial charge in [0, 0.05) is 6.04 Å². The number of hydrogen-bond acceptors (Lipinski definition) is 1. The molecule has 1 heteroatoms. The van der Waals surface area contributed by atoms with Gasteiger partial charge in [0.15, 0.2) is 0 Å². The van der Waals surface area contributed by atoms with Gasteiger partial charge in [-0.1, -0.05) is 32.4 Å². The highest BCUT2D eigenvalue weighted by atomic mass is 14.9. The van der Waals surface area contributed by atoms with E-state index < -0.39 is 0 Å². The van der Waals surface area contributed by atoms with Crippen LogP contribution in [0.2, 0.25) is 0 Å². The van der Waals surface area contributed by atoms with E-state index >= 15 is 0 Å². The van der Waals surface area contributed by atoms with Crippen molar-refractivity contribution in [2.75, 3.05) is 6.54 Å². The summed E-state index contributed by atoms with van der Waals surface area (Å²) in [6, 6.07) is 0.783. The molecule has 0 spiro atoms. The Labute approximate surface area is 113 Å². The number of allylic oxidation sites excluding steroid dienone is 2. The van der Waals surface area contributed by atoms with Gasteiger partial charge in [-0.25, -0.2) is 0 Å². The van der Waals surface area contributed by atoms with Crippen molar-refractivity contribution in [2.24, 2.45) is 23.7 Å². The average molecular weight is 249 g/mol. The van der Waals surface area contributed by atoms with Gasteiger partial charge in [0.2, 0.25) is 0 Å². The maximum Gasteiger partial charge on any atom is 0.00722 e. The first-order valence-corrected chi connectivity index (χ1v) is 7.93. The molecule has 1 N–H and O–H groups in total. The van der Waals surface area contributed by atoms with Crippen molar-refractivity contribution in [3.8, 4) is 0 Å². The van der Waals surface area contributed by atoms with Gasteiger partial charge in [-0.05, 0) is 69.2 Å². The predicted octanol–water partition coefficient (Wildman–Crippen LogP) is 4.39. The van der Waals surface area contributed by atoms with Crippen LogP contribution in [-0.2, 0) is 0 Å². The zero-order chi connectivity index (χ0) is 13.1. The highest BCUT2D eigenvalue weighted by molar-refractivity contribution is 5.06. The molecule has 104 valence electrons. The van der Waals surface area contributed by atoms with E-state index in [9.17, 15) is 0 Å². The van der Waals surface area contributed by atoms with Crippen molar-refractivity contribution in [2.45, 2.75) is 65.8 Å². The Morgan fingerprint density at radius 2 is 1.72 bits per heavy atom. The standard InChI is InChI=1S/C17H31N/c1-12-5-13(2)8-16(7-12)11-18-17-9-14(3)6-15(4)10-17/h5,12,14-18H,6-11H2,1-4H3. The normalized spacial score (nSPS) is 41.6. The van der Waals surface area contributed by atoms with E-state index in [0.29, 0.717) is 0 Å².